The second-order valence-electron chi connectivity index (χ2n) is 3.58. The van der Waals surface area contributed by atoms with Gasteiger partial charge in [0.1, 0.15) is 0 Å². The second kappa shape index (κ2) is 4.30. The molecule has 0 amide bonds. The van der Waals surface area contributed by atoms with Crippen molar-refractivity contribution in [2.24, 2.45) is 5.73 Å². The van der Waals surface area contributed by atoms with Crippen LogP contribution < -0.4 is 5.73 Å². The lowest BCUT2D eigenvalue weighted by atomic mass is 10.1. The number of rotatable bonds is 3. The summed E-state index contributed by atoms with van der Waals surface area (Å²) in [6, 6.07) is 4.99. The van der Waals surface area contributed by atoms with Crippen LogP contribution in [0.5, 0.6) is 0 Å². The molecular weight excluding hydrogens is 212 g/mol. The Balaban J connectivity index is 3.25. The van der Waals surface area contributed by atoms with Gasteiger partial charge in [0.2, 0.25) is 10.0 Å². The first-order chi connectivity index (χ1) is 6.89. The molecule has 0 bridgehead atoms. The summed E-state index contributed by atoms with van der Waals surface area (Å²) in [5.41, 5.74) is 7.38. The first kappa shape index (κ1) is 12.2. The summed E-state index contributed by atoms with van der Waals surface area (Å²) in [6.45, 7) is 2.28. The third kappa shape index (κ3) is 2.37. The van der Waals surface area contributed by atoms with Crippen molar-refractivity contribution in [1.29, 1.82) is 0 Å². The molecule has 1 aromatic rings. The first-order valence-corrected chi connectivity index (χ1v) is 6.05. The van der Waals surface area contributed by atoms with E-state index in [0.29, 0.717) is 11.4 Å². The summed E-state index contributed by atoms with van der Waals surface area (Å²) < 4.78 is 24.8. The minimum Gasteiger partial charge on any atom is -0.326 e. The summed E-state index contributed by atoms with van der Waals surface area (Å²) in [6.07, 6.45) is 0. The van der Waals surface area contributed by atoms with Crippen molar-refractivity contribution in [3.63, 3.8) is 0 Å². The Hall–Kier alpha value is -0.910. The highest BCUT2D eigenvalue weighted by Gasteiger charge is 2.17. The van der Waals surface area contributed by atoms with Gasteiger partial charge in [0.15, 0.2) is 0 Å². The average molecular weight is 228 g/mol. The lowest BCUT2D eigenvalue weighted by molar-refractivity contribution is 0.520. The van der Waals surface area contributed by atoms with E-state index in [1.54, 1.807) is 18.2 Å². The van der Waals surface area contributed by atoms with Gasteiger partial charge in [0.25, 0.3) is 0 Å². The van der Waals surface area contributed by atoms with Gasteiger partial charge >= 0.3 is 0 Å². The average Bonchev–Trinajstić information content (AvgIpc) is 2.17. The molecule has 84 valence electrons. The third-order valence-electron chi connectivity index (χ3n) is 2.31. The van der Waals surface area contributed by atoms with Crippen molar-refractivity contribution in [1.82, 2.24) is 4.31 Å². The molecule has 1 aromatic carbocycles. The van der Waals surface area contributed by atoms with Gasteiger partial charge in [-0.15, -0.1) is 0 Å². The van der Waals surface area contributed by atoms with Gasteiger partial charge in [-0.3, -0.25) is 0 Å². The van der Waals surface area contributed by atoms with Crippen molar-refractivity contribution in [3.05, 3.63) is 29.3 Å². The van der Waals surface area contributed by atoms with E-state index in [2.05, 4.69) is 0 Å². The summed E-state index contributed by atoms with van der Waals surface area (Å²) in [4.78, 5) is 0.308. The van der Waals surface area contributed by atoms with Crippen molar-refractivity contribution < 1.29 is 8.42 Å². The fourth-order valence-corrected chi connectivity index (χ4v) is 2.26. The van der Waals surface area contributed by atoms with Gasteiger partial charge < -0.3 is 5.73 Å². The molecule has 4 nitrogen and oxygen atoms in total. The molecule has 0 unspecified atom stereocenters. The highest BCUT2D eigenvalue weighted by Crippen LogP contribution is 2.17. The summed E-state index contributed by atoms with van der Waals surface area (Å²) in [5, 5.41) is 0. The van der Waals surface area contributed by atoms with Gasteiger partial charge in [-0.1, -0.05) is 6.07 Å². The largest absolute Gasteiger partial charge is 0.326 e. The van der Waals surface area contributed by atoms with E-state index in [0.717, 1.165) is 11.1 Å². The topological polar surface area (TPSA) is 63.4 Å². The molecule has 0 aliphatic carbocycles. The molecule has 5 heteroatoms. The third-order valence-corrected chi connectivity index (χ3v) is 4.12. The van der Waals surface area contributed by atoms with Crippen LogP contribution in [0, 0.1) is 6.92 Å². The molecular formula is C10H16N2O2S. The van der Waals surface area contributed by atoms with E-state index >= 15 is 0 Å². The molecule has 2 N–H and O–H groups in total. The lowest BCUT2D eigenvalue weighted by Crippen LogP contribution is -2.22. The van der Waals surface area contributed by atoms with Crippen LogP contribution in [0.15, 0.2) is 23.1 Å². The van der Waals surface area contributed by atoms with E-state index in [9.17, 15) is 8.42 Å². The molecule has 0 saturated heterocycles. The van der Waals surface area contributed by atoms with Crippen molar-refractivity contribution in [2.75, 3.05) is 14.1 Å². The summed E-state index contributed by atoms with van der Waals surface area (Å²) >= 11 is 0. The quantitative estimate of drug-likeness (QED) is 0.828. The van der Waals surface area contributed by atoms with E-state index in [4.69, 9.17) is 5.73 Å². The van der Waals surface area contributed by atoms with E-state index < -0.39 is 10.0 Å². The fourth-order valence-electron chi connectivity index (χ4n) is 1.27. The van der Waals surface area contributed by atoms with Crippen LogP contribution >= 0.6 is 0 Å². The molecule has 0 radical (unpaired) electrons. The van der Waals surface area contributed by atoms with E-state index in [1.807, 2.05) is 6.92 Å². The zero-order chi connectivity index (χ0) is 11.6. The van der Waals surface area contributed by atoms with Crippen LogP contribution in [-0.2, 0) is 16.6 Å². The Morgan fingerprint density at radius 1 is 1.33 bits per heavy atom. The Morgan fingerprint density at radius 3 is 2.33 bits per heavy atom. The van der Waals surface area contributed by atoms with Crippen molar-refractivity contribution in [3.8, 4) is 0 Å². The molecule has 0 aliphatic heterocycles. The number of nitrogens with zero attached hydrogens (tertiary/aromatic N) is 1. The monoisotopic (exact) mass is 228 g/mol. The molecule has 0 atom stereocenters. The first-order valence-electron chi connectivity index (χ1n) is 4.61. The zero-order valence-electron chi connectivity index (χ0n) is 9.19. The highest BCUT2D eigenvalue weighted by atomic mass is 32.2. The number of hydrogen-bond donors (Lipinski definition) is 1. The Morgan fingerprint density at radius 2 is 1.93 bits per heavy atom. The maximum atomic E-state index is 11.8. The maximum absolute atomic E-state index is 11.8. The number of nitrogens with two attached hydrogens (primary N) is 1. The zero-order valence-corrected chi connectivity index (χ0v) is 10.0. The predicted molar refractivity (Wildman–Crippen MR) is 59.9 cm³/mol. The fraction of sp³-hybridized carbons (Fsp3) is 0.400. The minimum absolute atomic E-state index is 0.308. The number of benzene rings is 1. The minimum atomic E-state index is -3.33. The molecule has 0 spiro atoms. The van der Waals surface area contributed by atoms with Crippen molar-refractivity contribution >= 4 is 10.0 Å². The number of sulfonamides is 1. The Bertz CT molecular complexity index is 452. The Labute approximate surface area is 90.8 Å². The molecule has 0 aromatic heterocycles. The number of aryl methyl sites for hydroxylation is 1. The van der Waals surface area contributed by atoms with Crippen LogP contribution in [-0.4, -0.2) is 26.8 Å². The van der Waals surface area contributed by atoms with Crippen molar-refractivity contribution in [2.45, 2.75) is 18.4 Å². The Kier molecular flexibility index (Phi) is 3.49. The molecule has 15 heavy (non-hydrogen) atoms. The van der Waals surface area contributed by atoms with E-state index in [1.165, 1.54) is 18.4 Å². The molecule has 0 aliphatic rings. The van der Waals surface area contributed by atoms with Crippen LogP contribution in [0.3, 0.4) is 0 Å². The standard InChI is InChI=1S/C10H16N2O2S/c1-8-6-10(5-4-9(8)7-11)15(13,14)12(2)3/h4-6H,7,11H2,1-3H3. The van der Waals surface area contributed by atoms with Gasteiger partial charge in [0, 0.05) is 20.6 Å². The highest BCUT2D eigenvalue weighted by molar-refractivity contribution is 7.89. The summed E-state index contributed by atoms with van der Waals surface area (Å²) in [5.74, 6) is 0. The second-order valence-corrected chi connectivity index (χ2v) is 5.73. The van der Waals surface area contributed by atoms with Gasteiger partial charge in [-0.05, 0) is 30.2 Å². The van der Waals surface area contributed by atoms with Crippen LogP contribution in [0.25, 0.3) is 0 Å². The molecule has 0 heterocycles. The normalized spacial score (nSPS) is 12.1. The van der Waals surface area contributed by atoms with Crippen LogP contribution in [0.2, 0.25) is 0 Å². The molecule has 1 rings (SSSR count). The summed E-state index contributed by atoms with van der Waals surface area (Å²) in [7, 11) is -0.301. The van der Waals surface area contributed by atoms with Gasteiger partial charge in [0.05, 0.1) is 4.90 Å². The predicted octanol–water partition coefficient (Wildman–Crippen LogP) is 0.704. The smallest absolute Gasteiger partial charge is 0.242 e. The van der Waals surface area contributed by atoms with Gasteiger partial charge in [-0.25, -0.2) is 12.7 Å². The van der Waals surface area contributed by atoms with Crippen LogP contribution in [0.4, 0.5) is 0 Å². The number of hydrogen-bond acceptors (Lipinski definition) is 3. The lowest BCUT2D eigenvalue weighted by Gasteiger charge is -2.12. The van der Waals surface area contributed by atoms with E-state index in [-0.39, 0.29) is 0 Å². The SMILES string of the molecule is Cc1cc(S(=O)(=O)N(C)C)ccc1CN. The molecule has 0 saturated carbocycles. The van der Waals surface area contributed by atoms with Crippen LogP contribution in [0.1, 0.15) is 11.1 Å². The molecule has 0 fully saturated rings. The van der Waals surface area contributed by atoms with Gasteiger partial charge in [-0.2, -0.15) is 0 Å². The maximum Gasteiger partial charge on any atom is 0.242 e.